The summed E-state index contributed by atoms with van der Waals surface area (Å²) in [7, 11) is 1.60. The highest BCUT2D eigenvalue weighted by molar-refractivity contribution is 5.43. The lowest BCUT2D eigenvalue weighted by Crippen LogP contribution is -2.04. The highest BCUT2D eigenvalue weighted by atomic mass is 16.5. The molecule has 0 unspecified atom stereocenters. The van der Waals surface area contributed by atoms with Crippen LogP contribution < -0.4 is 15.2 Å². The van der Waals surface area contributed by atoms with Crippen LogP contribution in [-0.2, 0) is 13.0 Å². The van der Waals surface area contributed by atoms with Crippen LogP contribution in [0.3, 0.4) is 0 Å². The predicted molar refractivity (Wildman–Crippen MR) is 79.0 cm³/mol. The highest BCUT2D eigenvalue weighted by Crippen LogP contribution is 2.29. The van der Waals surface area contributed by atoms with Crippen molar-refractivity contribution in [3.05, 3.63) is 53.3 Å². The molecular weight excluding hydrogens is 266 g/mol. The van der Waals surface area contributed by atoms with E-state index in [-0.39, 0.29) is 6.61 Å². The molecule has 1 aromatic carbocycles. The smallest absolute Gasteiger partial charge is 0.161 e. The largest absolute Gasteiger partial charge is 0.493 e. The van der Waals surface area contributed by atoms with Crippen LogP contribution in [0.1, 0.15) is 16.8 Å². The zero-order chi connectivity index (χ0) is 15.1. The van der Waals surface area contributed by atoms with E-state index >= 15 is 0 Å². The SMILES string of the molecule is COc1cc(CCN)ccc1OCc1cccnc1C#N. The molecule has 0 aliphatic heterocycles. The summed E-state index contributed by atoms with van der Waals surface area (Å²) >= 11 is 0. The Hall–Kier alpha value is -2.58. The zero-order valence-electron chi connectivity index (χ0n) is 11.9. The first-order valence-electron chi connectivity index (χ1n) is 6.62. The Kier molecular flexibility index (Phi) is 5.13. The molecule has 0 saturated heterocycles. The van der Waals surface area contributed by atoms with Gasteiger partial charge in [-0.05, 0) is 36.7 Å². The van der Waals surface area contributed by atoms with Gasteiger partial charge in [0.25, 0.3) is 0 Å². The third-order valence-electron chi connectivity index (χ3n) is 3.04. The summed E-state index contributed by atoms with van der Waals surface area (Å²) in [6, 6.07) is 11.4. The molecule has 0 aliphatic carbocycles. The van der Waals surface area contributed by atoms with Crippen LogP contribution in [0.5, 0.6) is 11.5 Å². The molecule has 5 nitrogen and oxygen atoms in total. The lowest BCUT2D eigenvalue weighted by atomic mass is 10.1. The van der Waals surface area contributed by atoms with E-state index < -0.39 is 0 Å². The summed E-state index contributed by atoms with van der Waals surface area (Å²) in [6.45, 7) is 0.855. The Morgan fingerprint density at radius 3 is 2.86 bits per heavy atom. The van der Waals surface area contributed by atoms with Crippen molar-refractivity contribution in [3.8, 4) is 17.6 Å². The van der Waals surface area contributed by atoms with Crippen molar-refractivity contribution in [1.82, 2.24) is 4.98 Å². The summed E-state index contributed by atoms with van der Waals surface area (Å²) in [5.41, 5.74) is 7.76. The van der Waals surface area contributed by atoms with Crippen LogP contribution >= 0.6 is 0 Å². The van der Waals surface area contributed by atoms with Gasteiger partial charge in [-0.1, -0.05) is 12.1 Å². The molecule has 1 heterocycles. The number of nitrogens with zero attached hydrogens (tertiary/aromatic N) is 2. The van der Waals surface area contributed by atoms with Gasteiger partial charge in [-0.15, -0.1) is 0 Å². The molecule has 0 spiro atoms. The number of pyridine rings is 1. The number of rotatable bonds is 6. The third-order valence-corrected chi connectivity index (χ3v) is 3.04. The van der Waals surface area contributed by atoms with Crippen LogP contribution in [0.15, 0.2) is 36.5 Å². The van der Waals surface area contributed by atoms with Crippen LogP contribution in [0, 0.1) is 11.3 Å². The molecule has 1 aromatic heterocycles. The Balaban J connectivity index is 2.14. The van der Waals surface area contributed by atoms with Crippen LogP contribution in [0.4, 0.5) is 0 Å². The minimum atomic E-state index is 0.267. The van der Waals surface area contributed by atoms with Crippen molar-refractivity contribution in [2.75, 3.05) is 13.7 Å². The molecule has 2 aromatic rings. The normalized spacial score (nSPS) is 9.95. The molecule has 21 heavy (non-hydrogen) atoms. The van der Waals surface area contributed by atoms with E-state index in [1.165, 1.54) is 0 Å². The van der Waals surface area contributed by atoms with Crippen LogP contribution in [0.2, 0.25) is 0 Å². The van der Waals surface area contributed by atoms with E-state index in [0.29, 0.717) is 23.7 Å². The van der Waals surface area contributed by atoms with Crippen LogP contribution in [0.25, 0.3) is 0 Å². The number of aromatic nitrogens is 1. The second-order valence-corrected chi connectivity index (χ2v) is 4.44. The maximum absolute atomic E-state index is 9.01. The van der Waals surface area contributed by atoms with Gasteiger partial charge in [0, 0.05) is 11.8 Å². The van der Waals surface area contributed by atoms with Gasteiger partial charge >= 0.3 is 0 Å². The summed E-state index contributed by atoms with van der Waals surface area (Å²) in [5.74, 6) is 1.29. The molecule has 0 radical (unpaired) electrons. The zero-order valence-corrected chi connectivity index (χ0v) is 11.9. The van der Waals surface area contributed by atoms with Crippen molar-refractivity contribution in [2.45, 2.75) is 13.0 Å². The lowest BCUT2D eigenvalue weighted by molar-refractivity contribution is 0.283. The molecule has 2 N–H and O–H groups in total. The molecule has 108 valence electrons. The monoisotopic (exact) mass is 283 g/mol. The van der Waals surface area contributed by atoms with Gasteiger partial charge in [-0.2, -0.15) is 5.26 Å². The van der Waals surface area contributed by atoms with E-state index in [9.17, 15) is 0 Å². The molecule has 0 fully saturated rings. The van der Waals surface area contributed by atoms with Gasteiger partial charge in [0.15, 0.2) is 11.5 Å². The van der Waals surface area contributed by atoms with E-state index in [0.717, 1.165) is 17.5 Å². The molecule has 0 saturated carbocycles. The number of methoxy groups -OCH3 is 1. The highest BCUT2D eigenvalue weighted by Gasteiger charge is 2.08. The number of nitrogens with two attached hydrogens (primary N) is 1. The van der Waals surface area contributed by atoms with Crippen molar-refractivity contribution in [3.63, 3.8) is 0 Å². The summed E-state index contributed by atoms with van der Waals surface area (Å²) in [6.07, 6.45) is 2.38. The molecule has 0 atom stereocenters. The predicted octanol–water partition coefficient (Wildman–Crippen LogP) is 2.04. The molecule has 5 heteroatoms. The third kappa shape index (κ3) is 3.71. The van der Waals surface area contributed by atoms with E-state index in [1.54, 1.807) is 19.4 Å². The second kappa shape index (κ2) is 7.27. The second-order valence-electron chi connectivity index (χ2n) is 4.44. The van der Waals surface area contributed by atoms with Gasteiger partial charge in [-0.25, -0.2) is 4.98 Å². The molecular formula is C16H17N3O2. The van der Waals surface area contributed by atoms with Crippen molar-refractivity contribution >= 4 is 0 Å². The van der Waals surface area contributed by atoms with Crippen LogP contribution in [-0.4, -0.2) is 18.6 Å². The van der Waals surface area contributed by atoms with Crippen molar-refractivity contribution < 1.29 is 9.47 Å². The number of ether oxygens (including phenoxy) is 2. The summed E-state index contributed by atoms with van der Waals surface area (Å²) < 4.78 is 11.1. The average molecular weight is 283 g/mol. The number of benzene rings is 1. The van der Waals surface area contributed by atoms with Gasteiger partial charge in [0.1, 0.15) is 18.4 Å². The topological polar surface area (TPSA) is 81.2 Å². The fraction of sp³-hybridized carbons (Fsp3) is 0.250. The quantitative estimate of drug-likeness (QED) is 0.877. The molecule has 0 amide bonds. The fourth-order valence-corrected chi connectivity index (χ4v) is 1.96. The lowest BCUT2D eigenvalue weighted by Gasteiger charge is -2.12. The van der Waals surface area contributed by atoms with Gasteiger partial charge in [-0.3, -0.25) is 0 Å². The molecule has 2 rings (SSSR count). The minimum absolute atomic E-state index is 0.267. The standard InChI is InChI=1S/C16H17N3O2/c1-20-16-9-12(6-7-17)4-5-15(16)21-11-13-3-2-8-19-14(13)10-18/h2-5,8-9H,6-7,11,17H2,1H3. The summed E-state index contributed by atoms with van der Waals surface area (Å²) in [5, 5.41) is 9.01. The summed E-state index contributed by atoms with van der Waals surface area (Å²) in [4.78, 5) is 4.00. The van der Waals surface area contributed by atoms with E-state index in [1.807, 2.05) is 24.3 Å². The van der Waals surface area contributed by atoms with Gasteiger partial charge < -0.3 is 15.2 Å². The number of hydrogen-bond donors (Lipinski definition) is 1. The first-order valence-corrected chi connectivity index (χ1v) is 6.62. The average Bonchev–Trinajstić information content (AvgIpc) is 2.54. The van der Waals surface area contributed by atoms with Gasteiger partial charge in [0.05, 0.1) is 7.11 Å². The maximum atomic E-state index is 9.01. The minimum Gasteiger partial charge on any atom is -0.493 e. The van der Waals surface area contributed by atoms with Crippen molar-refractivity contribution in [1.29, 1.82) is 5.26 Å². The fourth-order valence-electron chi connectivity index (χ4n) is 1.96. The Morgan fingerprint density at radius 1 is 1.29 bits per heavy atom. The Bertz CT molecular complexity index is 650. The maximum Gasteiger partial charge on any atom is 0.161 e. The first kappa shape index (κ1) is 14.8. The molecule has 0 bridgehead atoms. The van der Waals surface area contributed by atoms with E-state index in [4.69, 9.17) is 20.5 Å². The Labute approximate surface area is 123 Å². The number of hydrogen-bond acceptors (Lipinski definition) is 5. The first-order chi connectivity index (χ1) is 10.3. The van der Waals surface area contributed by atoms with Crippen molar-refractivity contribution in [2.24, 2.45) is 5.73 Å². The van der Waals surface area contributed by atoms with E-state index in [2.05, 4.69) is 11.1 Å². The number of nitriles is 1. The Morgan fingerprint density at radius 2 is 2.14 bits per heavy atom. The van der Waals surface area contributed by atoms with Gasteiger partial charge in [0.2, 0.25) is 0 Å². The molecule has 0 aliphatic rings.